The molecule has 7 nitrogen and oxygen atoms in total. The van der Waals surface area contributed by atoms with E-state index in [4.69, 9.17) is 11.6 Å². The van der Waals surface area contributed by atoms with Crippen molar-refractivity contribution in [2.24, 2.45) is 11.3 Å². The predicted molar refractivity (Wildman–Crippen MR) is 92.5 cm³/mol. The summed E-state index contributed by atoms with van der Waals surface area (Å²) in [6.07, 6.45) is 5.98. The zero-order valence-corrected chi connectivity index (χ0v) is 14.5. The van der Waals surface area contributed by atoms with E-state index >= 15 is 0 Å². The maximum absolute atomic E-state index is 12.2. The molecule has 0 aliphatic heterocycles. The monoisotopic (exact) mass is 365 g/mol. The van der Waals surface area contributed by atoms with E-state index in [0.717, 1.165) is 18.8 Å². The van der Waals surface area contributed by atoms with Crippen LogP contribution in [-0.4, -0.2) is 29.8 Å². The second-order valence-corrected chi connectivity index (χ2v) is 7.25. The molecule has 0 radical (unpaired) electrons. The lowest BCUT2D eigenvalue weighted by atomic mass is 9.65. The average Bonchev–Trinajstić information content (AvgIpc) is 3.36. The predicted octanol–water partition coefficient (Wildman–Crippen LogP) is 2.67. The van der Waals surface area contributed by atoms with Crippen LogP contribution in [0.15, 0.2) is 18.2 Å². The largest absolute Gasteiger partial charge is 0.354 e. The van der Waals surface area contributed by atoms with Crippen LogP contribution in [-0.2, 0) is 4.79 Å². The quantitative estimate of drug-likeness (QED) is 0.572. The van der Waals surface area contributed by atoms with Gasteiger partial charge in [-0.3, -0.25) is 19.7 Å². The summed E-state index contributed by atoms with van der Waals surface area (Å²) in [7, 11) is 0. The van der Waals surface area contributed by atoms with Gasteiger partial charge in [0.05, 0.1) is 16.5 Å². The fraction of sp³-hybridized carbons (Fsp3) is 0.529. The van der Waals surface area contributed by atoms with Gasteiger partial charge in [0.2, 0.25) is 5.91 Å². The van der Waals surface area contributed by atoms with E-state index in [2.05, 4.69) is 10.6 Å². The molecule has 1 aromatic carbocycles. The van der Waals surface area contributed by atoms with Crippen LogP contribution in [0.5, 0.6) is 0 Å². The van der Waals surface area contributed by atoms with Crippen LogP contribution in [0.4, 0.5) is 5.69 Å². The lowest BCUT2D eigenvalue weighted by molar-refractivity contribution is -0.385. The van der Waals surface area contributed by atoms with Crippen LogP contribution >= 0.6 is 11.6 Å². The molecule has 8 heteroatoms. The summed E-state index contributed by atoms with van der Waals surface area (Å²) < 4.78 is 0. The van der Waals surface area contributed by atoms with Gasteiger partial charge in [-0.2, -0.15) is 0 Å². The smallest absolute Gasteiger partial charge is 0.283 e. The lowest BCUT2D eigenvalue weighted by Gasteiger charge is -2.42. The Bertz CT molecular complexity index is 714. The van der Waals surface area contributed by atoms with Crippen LogP contribution in [0, 0.1) is 21.4 Å². The standard InChI is InChI=1S/C17H20ClN3O4/c18-12-3-1-4-13(21(24)25)15(12)16(23)19-9-14(22)20-10-17(7-2-8-17)11-5-6-11/h1,3-4,11H,2,5-10H2,(H,19,23)(H,20,22). The van der Waals surface area contributed by atoms with Crippen molar-refractivity contribution < 1.29 is 14.5 Å². The van der Waals surface area contributed by atoms with E-state index in [1.54, 1.807) is 0 Å². The van der Waals surface area contributed by atoms with Gasteiger partial charge in [-0.1, -0.05) is 24.1 Å². The van der Waals surface area contributed by atoms with Gasteiger partial charge in [0.15, 0.2) is 0 Å². The third-order valence-electron chi connectivity index (χ3n) is 5.26. The fourth-order valence-corrected chi connectivity index (χ4v) is 3.79. The highest BCUT2D eigenvalue weighted by Gasteiger charge is 2.48. The number of hydrogen-bond acceptors (Lipinski definition) is 4. The number of nitro benzene ring substituents is 1. The number of amides is 2. The molecule has 2 aliphatic carbocycles. The molecule has 0 unspecified atom stereocenters. The third-order valence-corrected chi connectivity index (χ3v) is 5.57. The molecule has 0 bridgehead atoms. The molecule has 25 heavy (non-hydrogen) atoms. The van der Waals surface area contributed by atoms with Crippen LogP contribution in [0.2, 0.25) is 5.02 Å². The van der Waals surface area contributed by atoms with Crippen molar-refractivity contribution in [3.63, 3.8) is 0 Å². The van der Waals surface area contributed by atoms with E-state index < -0.39 is 10.8 Å². The maximum atomic E-state index is 12.2. The van der Waals surface area contributed by atoms with Crippen LogP contribution in [0.1, 0.15) is 42.5 Å². The lowest BCUT2D eigenvalue weighted by Crippen LogP contribution is -2.46. The molecule has 2 saturated carbocycles. The van der Waals surface area contributed by atoms with Crippen LogP contribution in [0.3, 0.4) is 0 Å². The number of nitrogens with zero attached hydrogens (tertiary/aromatic N) is 1. The Morgan fingerprint density at radius 1 is 1.28 bits per heavy atom. The van der Waals surface area contributed by atoms with Gasteiger partial charge in [-0.15, -0.1) is 0 Å². The molecular weight excluding hydrogens is 346 g/mol. The minimum Gasteiger partial charge on any atom is -0.354 e. The number of nitrogens with one attached hydrogen (secondary N) is 2. The van der Waals surface area contributed by atoms with Crippen molar-refractivity contribution in [3.8, 4) is 0 Å². The molecular formula is C17H20ClN3O4. The number of hydrogen-bond donors (Lipinski definition) is 2. The maximum Gasteiger partial charge on any atom is 0.283 e. The number of carbonyl (C=O) groups is 2. The zero-order valence-electron chi connectivity index (χ0n) is 13.7. The van der Waals surface area contributed by atoms with Crippen LogP contribution < -0.4 is 10.6 Å². The number of rotatable bonds is 7. The molecule has 2 N–H and O–H groups in total. The molecule has 0 atom stereocenters. The topological polar surface area (TPSA) is 101 Å². The molecule has 2 aliphatic rings. The van der Waals surface area contributed by atoms with Crippen molar-refractivity contribution in [3.05, 3.63) is 38.9 Å². The molecule has 0 heterocycles. The van der Waals surface area contributed by atoms with Gasteiger partial charge in [0, 0.05) is 12.6 Å². The number of carbonyl (C=O) groups excluding carboxylic acids is 2. The molecule has 0 spiro atoms. The molecule has 2 fully saturated rings. The Labute approximate surface area is 150 Å². The summed E-state index contributed by atoms with van der Waals surface area (Å²) in [5.74, 6) is -0.301. The summed E-state index contributed by atoms with van der Waals surface area (Å²) >= 11 is 5.91. The van der Waals surface area contributed by atoms with E-state index in [0.29, 0.717) is 6.54 Å². The molecule has 0 saturated heterocycles. The Balaban J connectivity index is 1.54. The minimum atomic E-state index is -0.729. The Kier molecular flexibility index (Phi) is 4.94. The van der Waals surface area contributed by atoms with Crippen LogP contribution in [0.25, 0.3) is 0 Å². The highest BCUT2D eigenvalue weighted by Crippen LogP contribution is 2.56. The van der Waals surface area contributed by atoms with Gasteiger partial charge in [0.1, 0.15) is 5.56 Å². The molecule has 3 rings (SSSR count). The van der Waals surface area contributed by atoms with Gasteiger partial charge < -0.3 is 10.6 Å². The summed E-state index contributed by atoms with van der Waals surface area (Å²) in [5.41, 5.74) is -0.357. The summed E-state index contributed by atoms with van der Waals surface area (Å²) in [5, 5.41) is 16.3. The first-order valence-corrected chi connectivity index (χ1v) is 8.78. The second kappa shape index (κ2) is 7.00. The molecule has 2 amide bonds. The van der Waals surface area contributed by atoms with Crippen molar-refractivity contribution in [1.29, 1.82) is 0 Å². The SMILES string of the molecule is O=C(CNC(=O)c1c(Cl)cccc1[N+](=O)[O-])NCC1(C2CC2)CCC1. The van der Waals surface area contributed by atoms with Gasteiger partial charge in [-0.25, -0.2) is 0 Å². The average molecular weight is 366 g/mol. The first-order valence-electron chi connectivity index (χ1n) is 8.41. The first kappa shape index (κ1) is 17.7. The van der Waals surface area contributed by atoms with Gasteiger partial charge >= 0.3 is 0 Å². The van der Waals surface area contributed by atoms with E-state index in [9.17, 15) is 19.7 Å². The third kappa shape index (κ3) is 3.76. The molecule has 0 aromatic heterocycles. The Hall–Kier alpha value is -2.15. The van der Waals surface area contributed by atoms with E-state index in [1.165, 1.54) is 37.5 Å². The van der Waals surface area contributed by atoms with E-state index in [-0.39, 0.29) is 34.1 Å². The highest BCUT2D eigenvalue weighted by atomic mass is 35.5. The minimum absolute atomic E-state index is 0.0192. The molecule has 1 aromatic rings. The highest BCUT2D eigenvalue weighted by molar-refractivity contribution is 6.34. The Morgan fingerprint density at radius 2 is 2.00 bits per heavy atom. The van der Waals surface area contributed by atoms with Crippen molar-refractivity contribution in [2.45, 2.75) is 32.1 Å². The number of benzene rings is 1. The number of halogens is 1. The van der Waals surface area contributed by atoms with E-state index in [1.807, 2.05) is 0 Å². The summed E-state index contributed by atoms with van der Waals surface area (Å²) in [4.78, 5) is 34.6. The van der Waals surface area contributed by atoms with Gasteiger partial charge in [0.25, 0.3) is 11.6 Å². The normalized spacial score (nSPS) is 18.1. The van der Waals surface area contributed by atoms with Crippen molar-refractivity contribution in [1.82, 2.24) is 10.6 Å². The zero-order chi connectivity index (χ0) is 18.0. The van der Waals surface area contributed by atoms with Crippen molar-refractivity contribution >= 4 is 29.1 Å². The summed E-state index contributed by atoms with van der Waals surface area (Å²) in [6.45, 7) is 0.403. The fourth-order valence-electron chi connectivity index (χ4n) is 3.53. The first-order chi connectivity index (χ1) is 11.9. The molecule has 134 valence electrons. The summed E-state index contributed by atoms with van der Waals surface area (Å²) in [6, 6.07) is 4.01. The second-order valence-electron chi connectivity index (χ2n) is 6.84. The Morgan fingerprint density at radius 3 is 2.56 bits per heavy atom. The van der Waals surface area contributed by atoms with Crippen molar-refractivity contribution in [2.75, 3.05) is 13.1 Å². The van der Waals surface area contributed by atoms with Gasteiger partial charge in [-0.05, 0) is 43.1 Å². The number of nitro groups is 1.